The van der Waals surface area contributed by atoms with Crippen LogP contribution in [-0.4, -0.2) is 0 Å². The summed E-state index contributed by atoms with van der Waals surface area (Å²) in [6.07, 6.45) is -1.77. The normalized spacial score (nSPS) is 9.71. The third-order valence-corrected chi connectivity index (χ3v) is 1.84. The summed E-state index contributed by atoms with van der Waals surface area (Å²) in [5.41, 5.74) is 2.02. The maximum Gasteiger partial charge on any atom is 0.307 e. The van der Waals surface area contributed by atoms with E-state index in [1.165, 1.54) is 6.92 Å². The van der Waals surface area contributed by atoms with E-state index in [1.54, 1.807) is 0 Å². The Labute approximate surface area is 82.0 Å². The SMILES string of the molecule is CC(OCc1ccc(C)cc1)=C(F)F. The molecule has 1 rings (SSSR count). The Hall–Kier alpha value is -1.38. The molecule has 0 spiro atoms. The van der Waals surface area contributed by atoms with Crippen LogP contribution in [-0.2, 0) is 11.3 Å². The van der Waals surface area contributed by atoms with E-state index in [9.17, 15) is 8.78 Å². The van der Waals surface area contributed by atoms with Gasteiger partial charge in [0.1, 0.15) is 6.61 Å². The molecule has 0 radical (unpaired) electrons. The average molecular weight is 198 g/mol. The van der Waals surface area contributed by atoms with Crippen molar-refractivity contribution in [2.24, 2.45) is 0 Å². The van der Waals surface area contributed by atoms with Crippen molar-refractivity contribution >= 4 is 0 Å². The summed E-state index contributed by atoms with van der Waals surface area (Å²) in [5, 5.41) is 0. The summed E-state index contributed by atoms with van der Waals surface area (Å²) in [5.74, 6) is -0.314. The van der Waals surface area contributed by atoms with Crippen molar-refractivity contribution < 1.29 is 13.5 Å². The highest BCUT2D eigenvalue weighted by Gasteiger charge is 2.00. The Balaban J connectivity index is 2.54. The molecule has 0 atom stereocenters. The van der Waals surface area contributed by atoms with Crippen molar-refractivity contribution in [3.8, 4) is 0 Å². The van der Waals surface area contributed by atoms with Crippen molar-refractivity contribution in [3.63, 3.8) is 0 Å². The molecule has 0 aliphatic carbocycles. The number of hydrogen-bond acceptors (Lipinski definition) is 1. The van der Waals surface area contributed by atoms with Crippen LogP contribution < -0.4 is 0 Å². The van der Waals surface area contributed by atoms with Gasteiger partial charge in [-0.2, -0.15) is 8.78 Å². The first kappa shape index (κ1) is 10.7. The second-order valence-corrected chi connectivity index (χ2v) is 3.09. The summed E-state index contributed by atoms with van der Waals surface area (Å²) in [6, 6.07) is 7.56. The lowest BCUT2D eigenvalue weighted by atomic mass is 10.2. The van der Waals surface area contributed by atoms with Gasteiger partial charge in [0.25, 0.3) is 0 Å². The van der Waals surface area contributed by atoms with E-state index >= 15 is 0 Å². The van der Waals surface area contributed by atoms with Gasteiger partial charge in [-0.05, 0) is 19.4 Å². The molecular weight excluding hydrogens is 186 g/mol. The Morgan fingerprint density at radius 3 is 2.29 bits per heavy atom. The van der Waals surface area contributed by atoms with Crippen LogP contribution in [0.5, 0.6) is 0 Å². The Morgan fingerprint density at radius 1 is 1.21 bits per heavy atom. The lowest BCUT2D eigenvalue weighted by Gasteiger charge is -2.05. The van der Waals surface area contributed by atoms with Crippen molar-refractivity contribution in [3.05, 3.63) is 47.2 Å². The van der Waals surface area contributed by atoms with Crippen molar-refractivity contribution in [1.82, 2.24) is 0 Å². The second-order valence-electron chi connectivity index (χ2n) is 3.09. The molecule has 1 aromatic carbocycles. The van der Waals surface area contributed by atoms with E-state index in [0.717, 1.165) is 11.1 Å². The Kier molecular flexibility index (Phi) is 3.63. The number of allylic oxidation sites excluding steroid dienone is 1. The quantitative estimate of drug-likeness (QED) is 0.674. The first-order valence-electron chi connectivity index (χ1n) is 4.30. The largest absolute Gasteiger partial charge is 0.488 e. The van der Waals surface area contributed by atoms with E-state index < -0.39 is 6.08 Å². The Morgan fingerprint density at radius 2 is 1.79 bits per heavy atom. The van der Waals surface area contributed by atoms with E-state index in [4.69, 9.17) is 4.74 Å². The number of benzene rings is 1. The molecule has 0 bridgehead atoms. The van der Waals surface area contributed by atoms with E-state index in [-0.39, 0.29) is 12.4 Å². The van der Waals surface area contributed by atoms with E-state index in [0.29, 0.717) is 0 Å². The highest BCUT2D eigenvalue weighted by atomic mass is 19.3. The third kappa shape index (κ3) is 3.17. The zero-order chi connectivity index (χ0) is 10.6. The van der Waals surface area contributed by atoms with Crippen LogP contribution >= 0.6 is 0 Å². The number of halogens is 2. The molecule has 0 aromatic heterocycles. The summed E-state index contributed by atoms with van der Waals surface area (Å²) in [7, 11) is 0. The molecule has 0 unspecified atom stereocenters. The molecule has 1 aromatic rings. The third-order valence-electron chi connectivity index (χ3n) is 1.84. The van der Waals surface area contributed by atoms with Gasteiger partial charge in [0.15, 0.2) is 5.76 Å². The van der Waals surface area contributed by atoms with Gasteiger partial charge in [0, 0.05) is 0 Å². The lowest BCUT2D eigenvalue weighted by Crippen LogP contribution is -1.91. The molecule has 3 heteroatoms. The van der Waals surface area contributed by atoms with Crippen molar-refractivity contribution in [2.75, 3.05) is 0 Å². The summed E-state index contributed by atoms with van der Waals surface area (Å²) < 4.78 is 28.8. The lowest BCUT2D eigenvalue weighted by molar-refractivity contribution is 0.175. The highest BCUT2D eigenvalue weighted by molar-refractivity contribution is 5.20. The molecule has 14 heavy (non-hydrogen) atoms. The maximum atomic E-state index is 11.9. The predicted octanol–water partition coefficient (Wildman–Crippen LogP) is 3.64. The van der Waals surface area contributed by atoms with Crippen LogP contribution in [0, 0.1) is 6.92 Å². The predicted molar refractivity (Wildman–Crippen MR) is 50.9 cm³/mol. The molecule has 0 saturated heterocycles. The van der Waals surface area contributed by atoms with Gasteiger partial charge in [-0.3, -0.25) is 0 Å². The first-order chi connectivity index (χ1) is 6.59. The molecule has 0 N–H and O–H groups in total. The van der Waals surface area contributed by atoms with Gasteiger partial charge in [0.2, 0.25) is 0 Å². The first-order valence-corrected chi connectivity index (χ1v) is 4.30. The van der Waals surface area contributed by atoms with Crippen LogP contribution in [0.4, 0.5) is 8.78 Å². The number of ether oxygens (including phenoxy) is 1. The highest BCUT2D eigenvalue weighted by Crippen LogP contribution is 2.12. The van der Waals surface area contributed by atoms with Gasteiger partial charge < -0.3 is 4.74 Å². The topological polar surface area (TPSA) is 9.23 Å². The van der Waals surface area contributed by atoms with Crippen LogP contribution in [0.15, 0.2) is 36.1 Å². The van der Waals surface area contributed by atoms with Crippen LogP contribution in [0.25, 0.3) is 0 Å². The van der Waals surface area contributed by atoms with Crippen LogP contribution in [0.2, 0.25) is 0 Å². The maximum absolute atomic E-state index is 11.9. The molecule has 0 heterocycles. The zero-order valence-corrected chi connectivity index (χ0v) is 8.18. The molecule has 0 saturated carbocycles. The second kappa shape index (κ2) is 4.74. The van der Waals surface area contributed by atoms with Crippen LogP contribution in [0.1, 0.15) is 18.1 Å². The molecular formula is C11H12F2O. The molecule has 0 amide bonds. The van der Waals surface area contributed by atoms with Crippen molar-refractivity contribution in [2.45, 2.75) is 20.5 Å². The fraction of sp³-hybridized carbons (Fsp3) is 0.273. The molecule has 0 aliphatic rings. The molecule has 76 valence electrons. The fourth-order valence-corrected chi connectivity index (χ4v) is 0.930. The summed E-state index contributed by atoms with van der Waals surface area (Å²) in [6.45, 7) is 3.41. The summed E-state index contributed by atoms with van der Waals surface area (Å²) >= 11 is 0. The average Bonchev–Trinajstić information content (AvgIpc) is 2.16. The van der Waals surface area contributed by atoms with Gasteiger partial charge in [-0.1, -0.05) is 29.8 Å². The molecule has 0 fully saturated rings. The minimum Gasteiger partial charge on any atom is -0.488 e. The van der Waals surface area contributed by atoms with Crippen molar-refractivity contribution in [1.29, 1.82) is 0 Å². The Bertz CT molecular complexity index is 324. The monoisotopic (exact) mass is 198 g/mol. The zero-order valence-electron chi connectivity index (χ0n) is 8.18. The summed E-state index contributed by atoms with van der Waals surface area (Å²) in [4.78, 5) is 0. The standard InChI is InChI=1S/C11H12F2O/c1-8-3-5-10(6-4-8)7-14-9(2)11(12)13/h3-6H,7H2,1-2H3. The van der Waals surface area contributed by atoms with E-state index in [1.807, 2.05) is 31.2 Å². The number of hydrogen-bond donors (Lipinski definition) is 0. The number of rotatable bonds is 3. The number of aryl methyl sites for hydroxylation is 1. The molecule has 1 nitrogen and oxygen atoms in total. The van der Waals surface area contributed by atoms with Crippen LogP contribution in [0.3, 0.4) is 0 Å². The smallest absolute Gasteiger partial charge is 0.307 e. The van der Waals surface area contributed by atoms with E-state index in [2.05, 4.69) is 0 Å². The minimum absolute atomic E-state index is 0.184. The van der Waals surface area contributed by atoms with Gasteiger partial charge >= 0.3 is 6.08 Å². The molecule has 0 aliphatic heterocycles. The van der Waals surface area contributed by atoms with Gasteiger partial charge in [-0.25, -0.2) is 0 Å². The van der Waals surface area contributed by atoms with Gasteiger partial charge in [0.05, 0.1) is 0 Å². The minimum atomic E-state index is -1.77. The van der Waals surface area contributed by atoms with Gasteiger partial charge in [-0.15, -0.1) is 0 Å². The fourth-order valence-electron chi connectivity index (χ4n) is 0.930.